The summed E-state index contributed by atoms with van der Waals surface area (Å²) < 4.78 is 0. The minimum atomic E-state index is -0.362. The highest BCUT2D eigenvalue weighted by Crippen LogP contribution is 2.12. The smallest absolute Gasteiger partial charge is 0.271 e. The molecule has 0 saturated carbocycles. The number of nitrogens with one attached hydrogen (secondary N) is 2. The molecule has 1 saturated heterocycles. The Morgan fingerprint density at radius 3 is 2.52 bits per heavy atom. The lowest BCUT2D eigenvalue weighted by molar-refractivity contribution is -0.133. The Hall–Kier alpha value is -2.51. The van der Waals surface area contributed by atoms with E-state index in [-0.39, 0.29) is 47.7 Å². The van der Waals surface area contributed by atoms with E-state index in [2.05, 4.69) is 15.5 Å². The average Bonchev–Trinajstić information content (AvgIpc) is 2.54. The van der Waals surface area contributed by atoms with Gasteiger partial charge in [-0.1, -0.05) is 0 Å². The van der Waals surface area contributed by atoms with E-state index in [1.165, 1.54) is 19.1 Å². The summed E-state index contributed by atoms with van der Waals surface area (Å²) in [5, 5.41) is 8.75. The summed E-state index contributed by atoms with van der Waals surface area (Å²) in [5.74, 6) is -0.358. The van der Waals surface area contributed by atoms with Crippen molar-refractivity contribution in [2.45, 2.75) is 38.6 Å². The first-order valence-electron chi connectivity index (χ1n) is 7.59. The Morgan fingerprint density at radius 1 is 1.26 bits per heavy atom. The Labute approximate surface area is 133 Å². The van der Waals surface area contributed by atoms with Crippen molar-refractivity contribution in [3.05, 3.63) is 28.2 Å². The van der Waals surface area contributed by atoms with Crippen molar-refractivity contribution in [1.29, 1.82) is 0 Å². The normalized spacial score (nSPS) is 15.3. The number of piperidine rings is 1. The molecule has 0 radical (unpaired) electrons. The van der Waals surface area contributed by atoms with Gasteiger partial charge in [0, 0.05) is 38.0 Å². The average molecular weight is 320 g/mol. The van der Waals surface area contributed by atoms with Crippen molar-refractivity contribution < 1.29 is 14.4 Å². The number of hydrogen-bond acceptors (Lipinski definition) is 5. The van der Waals surface area contributed by atoms with Crippen LogP contribution in [0.15, 0.2) is 16.9 Å². The number of aromatic amines is 1. The summed E-state index contributed by atoms with van der Waals surface area (Å²) in [7, 11) is 0. The first-order valence-corrected chi connectivity index (χ1v) is 7.59. The topological polar surface area (TPSA) is 112 Å². The van der Waals surface area contributed by atoms with E-state index >= 15 is 0 Å². The minimum Gasteiger partial charge on any atom is -0.348 e. The lowest BCUT2D eigenvalue weighted by Gasteiger charge is -2.32. The summed E-state index contributed by atoms with van der Waals surface area (Å²) >= 11 is 0. The van der Waals surface area contributed by atoms with Crippen molar-refractivity contribution in [3.63, 3.8) is 0 Å². The van der Waals surface area contributed by atoms with E-state index in [0.29, 0.717) is 25.9 Å². The predicted molar refractivity (Wildman–Crippen MR) is 81.8 cm³/mol. The molecule has 1 aliphatic heterocycles. The number of carbonyl (C=O) groups is 3. The van der Waals surface area contributed by atoms with Gasteiger partial charge in [0.15, 0.2) is 0 Å². The van der Waals surface area contributed by atoms with Gasteiger partial charge in [0.25, 0.3) is 11.5 Å². The quantitative estimate of drug-likeness (QED) is 0.784. The fraction of sp³-hybridized carbons (Fsp3) is 0.533. The van der Waals surface area contributed by atoms with Gasteiger partial charge in [0.1, 0.15) is 11.5 Å². The highest BCUT2D eigenvalue weighted by atomic mass is 16.2. The van der Waals surface area contributed by atoms with E-state index in [0.717, 1.165) is 0 Å². The number of H-pyrrole nitrogens is 1. The van der Waals surface area contributed by atoms with Crippen LogP contribution in [0.3, 0.4) is 0 Å². The largest absolute Gasteiger partial charge is 0.348 e. The van der Waals surface area contributed by atoms with Gasteiger partial charge in [-0.3, -0.25) is 14.4 Å². The van der Waals surface area contributed by atoms with Crippen molar-refractivity contribution >= 4 is 17.6 Å². The van der Waals surface area contributed by atoms with E-state index in [4.69, 9.17) is 0 Å². The van der Waals surface area contributed by atoms with Crippen molar-refractivity contribution in [2.24, 2.45) is 0 Å². The van der Waals surface area contributed by atoms with Crippen LogP contribution in [0.4, 0.5) is 0 Å². The number of nitrogens with zero attached hydrogens (tertiary/aromatic N) is 2. The molecule has 1 aromatic heterocycles. The number of rotatable bonds is 5. The van der Waals surface area contributed by atoms with Crippen LogP contribution in [0.2, 0.25) is 0 Å². The second-order valence-corrected chi connectivity index (χ2v) is 5.64. The van der Waals surface area contributed by atoms with Crippen LogP contribution in [-0.4, -0.2) is 51.8 Å². The molecule has 8 heteroatoms. The Balaban J connectivity index is 1.79. The van der Waals surface area contributed by atoms with E-state index < -0.39 is 0 Å². The van der Waals surface area contributed by atoms with Crippen LogP contribution < -0.4 is 10.9 Å². The SMILES string of the molecule is CC(=O)CCC(=O)N1CCC(NC(=O)c2ccc(=O)[nH]n2)CC1. The van der Waals surface area contributed by atoms with Crippen molar-refractivity contribution in [3.8, 4) is 0 Å². The fourth-order valence-corrected chi connectivity index (χ4v) is 2.44. The molecular weight excluding hydrogens is 300 g/mol. The zero-order valence-electron chi connectivity index (χ0n) is 13.0. The molecule has 8 nitrogen and oxygen atoms in total. The molecule has 0 aliphatic carbocycles. The summed E-state index contributed by atoms with van der Waals surface area (Å²) in [5.41, 5.74) is -0.205. The van der Waals surface area contributed by atoms with E-state index in [1.54, 1.807) is 4.90 Å². The Morgan fingerprint density at radius 2 is 1.96 bits per heavy atom. The molecule has 0 spiro atoms. The molecule has 124 valence electrons. The maximum Gasteiger partial charge on any atom is 0.271 e. The zero-order chi connectivity index (χ0) is 16.8. The molecule has 1 fully saturated rings. The molecule has 2 N–H and O–H groups in total. The molecule has 1 aliphatic rings. The van der Waals surface area contributed by atoms with Gasteiger partial charge in [-0.05, 0) is 25.8 Å². The summed E-state index contributed by atoms with van der Waals surface area (Å²) in [4.78, 5) is 47.5. The summed E-state index contributed by atoms with van der Waals surface area (Å²) in [6.07, 6.45) is 1.82. The van der Waals surface area contributed by atoms with E-state index in [1.807, 2.05) is 0 Å². The van der Waals surface area contributed by atoms with Crippen LogP contribution in [0, 0.1) is 0 Å². The maximum absolute atomic E-state index is 12.0. The molecular formula is C15H20N4O4. The van der Waals surface area contributed by atoms with E-state index in [9.17, 15) is 19.2 Å². The highest BCUT2D eigenvalue weighted by molar-refractivity contribution is 5.92. The first-order chi connectivity index (χ1) is 11.0. The number of aromatic nitrogens is 2. The lowest BCUT2D eigenvalue weighted by Crippen LogP contribution is -2.46. The highest BCUT2D eigenvalue weighted by Gasteiger charge is 2.24. The maximum atomic E-state index is 12.0. The third kappa shape index (κ3) is 5.01. The van der Waals surface area contributed by atoms with Gasteiger partial charge >= 0.3 is 0 Å². The summed E-state index contributed by atoms with van der Waals surface area (Å²) in [6.45, 7) is 2.58. The Kier molecular flexibility index (Phi) is 5.61. The summed E-state index contributed by atoms with van der Waals surface area (Å²) in [6, 6.07) is 2.58. The minimum absolute atomic E-state index is 0.00824. The molecule has 23 heavy (non-hydrogen) atoms. The second kappa shape index (κ2) is 7.66. The number of likely N-dealkylation sites (tertiary alicyclic amines) is 1. The number of ketones is 1. The first kappa shape index (κ1) is 16.9. The molecule has 0 aromatic carbocycles. The zero-order valence-corrected chi connectivity index (χ0v) is 13.0. The van der Waals surface area contributed by atoms with Gasteiger partial charge in [0.2, 0.25) is 5.91 Å². The van der Waals surface area contributed by atoms with Crippen molar-refractivity contribution in [2.75, 3.05) is 13.1 Å². The second-order valence-electron chi connectivity index (χ2n) is 5.64. The lowest BCUT2D eigenvalue weighted by atomic mass is 10.0. The number of Topliss-reactive ketones (excluding diaryl/α,β-unsaturated/α-hetero) is 1. The predicted octanol–water partition coefficient (Wildman–Crippen LogP) is -0.140. The van der Waals surface area contributed by atoms with Crippen LogP contribution >= 0.6 is 0 Å². The van der Waals surface area contributed by atoms with Crippen LogP contribution in [0.25, 0.3) is 0 Å². The molecule has 2 amide bonds. The van der Waals surface area contributed by atoms with Gasteiger partial charge in [-0.15, -0.1) is 0 Å². The molecule has 0 bridgehead atoms. The number of amides is 2. The number of hydrogen-bond donors (Lipinski definition) is 2. The molecule has 0 unspecified atom stereocenters. The third-order valence-corrected chi connectivity index (χ3v) is 3.79. The molecule has 1 aromatic rings. The van der Waals surface area contributed by atoms with Gasteiger partial charge in [0.05, 0.1) is 0 Å². The van der Waals surface area contributed by atoms with Crippen molar-refractivity contribution in [1.82, 2.24) is 20.4 Å². The molecule has 2 heterocycles. The van der Waals surface area contributed by atoms with Crippen LogP contribution in [0.1, 0.15) is 43.1 Å². The van der Waals surface area contributed by atoms with Crippen LogP contribution in [-0.2, 0) is 9.59 Å². The van der Waals surface area contributed by atoms with Gasteiger partial charge < -0.3 is 15.0 Å². The standard InChI is InChI=1S/C15H20N4O4/c1-10(20)2-5-14(22)19-8-6-11(7-9-19)16-15(23)12-3-4-13(21)18-17-12/h3-4,11H,2,5-9H2,1H3,(H,16,23)(H,18,21). The Bertz CT molecular complexity index is 627. The number of carbonyl (C=O) groups excluding carboxylic acids is 3. The molecule has 2 rings (SSSR count). The third-order valence-electron chi connectivity index (χ3n) is 3.79. The molecule has 0 atom stereocenters. The van der Waals surface area contributed by atoms with Gasteiger partial charge in [-0.2, -0.15) is 5.10 Å². The monoisotopic (exact) mass is 320 g/mol. The van der Waals surface area contributed by atoms with Gasteiger partial charge in [-0.25, -0.2) is 5.10 Å². The van der Waals surface area contributed by atoms with Crippen LogP contribution in [0.5, 0.6) is 0 Å². The fourth-order valence-electron chi connectivity index (χ4n) is 2.44.